The normalized spacial score (nSPS) is 20.9. The van der Waals surface area contributed by atoms with Gasteiger partial charge >= 0.3 is 0 Å². The molecule has 1 unspecified atom stereocenters. The summed E-state index contributed by atoms with van der Waals surface area (Å²) in [6.07, 6.45) is 4.30. The summed E-state index contributed by atoms with van der Waals surface area (Å²) in [5.74, 6) is 3.28. The first-order valence-corrected chi connectivity index (χ1v) is 10.1. The lowest BCUT2D eigenvalue weighted by Crippen LogP contribution is -3.00. The van der Waals surface area contributed by atoms with Crippen molar-refractivity contribution in [3.63, 3.8) is 0 Å². The molecule has 0 aromatic heterocycles. The topological polar surface area (TPSA) is 54.2 Å². The second-order valence-corrected chi connectivity index (χ2v) is 7.55. The molecule has 0 fully saturated rings. The Bertz CT molecular complexity index is 916. The molecular weight excluding hydrogens is 448 g/mol. The first-order chi connectivity index (χ1) is 14.1. The fraction of sp³-hybridized carbons (Fsp3) is 0.435. The smallest absolute Gasteiger partial charge is 0.271 e. The molecule has 162 valence electrons. The SMILES string of the molecule is COc1ccc(N2CC(O)(c3ccc(OC)c(OC)c3)[N+]3=C2CCCCC3)cc1.[Br-]. The van der Waals surface area contributed by atoms with E-state index in [4.69, 9.17) is 14.2 Å². The van der Waals surface area contributed by atoms with Crippen LogP contribution in [0.25, 0.3) is 0 Å². The van der Waals surface area contributed by atoms with Gasteiger partial charge in [0.25, 0.3) is 11.6 Å². The number of anilines is 1. The first kappa shape index (κ1) is 22.4. The van der Waals surface area contributed by atoms with E-state index in [-0.39, 0.29) is 17.0 Å². The number of hydrogen-bond acceptors (Lipinski definition) is 5. The summed E-state index contributed by atoms with van der Waals surface area (Å²) >= 11 is 0. The molecule has 7 heteroatoms. The van der Waals surface area contributed by atoms with Gasteiger partial charge in [0.1, 0.15) is 11.4 Å². The Labute approximate surface area is 188 Å². The van der Waals surface area contributed by atoms with Gasteiger partial charge < -0.3 is 36.3 Å². The van der Waals surface area contributed by atoms with Crippen LogP contribution < -0.4 is 36.1 Å². The van der Waals surface area contributed by atoms with Gasteiger partial charge in [-0.1, -0.05) is 0 Å². The molecule has 2 aromatic rings. The molecule has 0 aliphatic carbocycles. The van der Waals surface area contributed by atoms with E-state index < -0.39 is 5.72 Å². The van der Waals surface area contributed by atoms with Crippen LogP contribution in [-0.4, -0.2) is 49.9 Å². The van der Waals surface area contributed by atoms with Crippen LogP contribution in [0.15, 0.2) is 42.5 Å². The number of aliphatic hydroxyl groups is 1. The van der Waals surface area contributed by atoms with Crippen molar-refractivity contribution in [3.8, 4) is 17.2 Å². The van der Waals surface area contributed by atoms with Gasteiger partial charge in [-0.25, -0.2) is 9.48 Å². The summed E-state index contributed by atoms with van der Waals surface area (Å²) in [6.45, 7) is 1.29. The molecule has 0 spiro atoms. The molecule has 2 aromatic carbocycles. The third kappa shape index (κ3) is 3.88. The van der Waals surface area contributed by atoms with Gasteiger partial charge in [0.05, 0.1) is 27.9 Å². The average molecular weight is 477 g/mol. The Morgan fingerprint density at radius 1 is 0.900 bits per heavy atom. The number of ether oxygens (including phenoxy) is 3. The van der Waals surface area contributed by atoms with Crippen LogP contribution in [0, 0.1) is 0 Å². The van der Waals surface area contributed by atoms with E-state index in [1.165, 1.54) is 12.3 Å². The number of amidine groups is 1. The Kier molecular flexibility index (Phi) is 6.93. The summed E-state index contributed by atoms with van der Waals surface area (Å²) in [5, 5.41) is 11.9. The third-order valence-corrected chi connectivity index (χ3v) is 5.96. The summed E-state index contributed by atoms with van der Waals surface area (Å²) < 4.78 is 18.3. The zero-order chi connectivity index (χ0) is 20.4. The molecule has 30 heavy (non-hydrogen) atoms. The molecular formula is C23H29BrN2O4. The Morgan fingerprint density at radius 2 is 1.63 bits per heavy atom. The van der Waals surface area contributed by atoms with Crippen molar-refractivity contribution in [3.05, 3.63) is 48.0 Å². The predicted molar refractivity (Wildman–Crippen MR) is 112 cm³/mol. The summed E-state index contributed by atoms with van der Waals surface area (Å²) in [7, 11) is 4.91. The lowest BCUT2D eigenvalue weighted by molar-refractivity contribution is -0.658. The molecule has 6 nitrogen and oxygen atoms in total. The lowest BCUT2D eigenvalue weighted by atomic mass is 10.0. The predicted octanol–water partition coefficient (Wildman–Crippen LogP) is 0.367. The number of benzene rings is 2. The fourth-order valence-electron chi connectivity index (χ4n) is 4.40. The zero-order valence-corrected chi connectivity index (χ0v) is 19.3. The van der Waals surface area contributed by atoms with E-state index in [1.54, 1.807) is 21.3 Å². The molecule has 0 bridgehead atoms. The number of halogens is 1. The highest BCUT2D eigenvalue weighted by Gasteiger charge is 2.52. The van der Waals surface area contributed by atoms with Gasteiger partial charge in [0.2, 0.25) is 0 Å². The molecule has 2 aliphatic rings. The first-order valence-electron chi connectivity index (χ1n) is 10.1. The highest BCUT2D eigenvalue weighted by molar-refractivity contribution is 5.96. The van der Waals surface area contributed by atoms with Crippen LogP contribution in [0.3, 0.4) is 0 Å². The maximum absolute atomic E-state index is 11.9. The standard InChI is InChI=1S/C23H29N2O4.BrH/c1-27-19-11-9-18(10-12-19)24-16-23(26,25-14-6-4-5-7-22(24)25)17-8-13-20(28-2)21(15-17)29-3;/h8-13,15,26H,4-7,14,16H2,1-3H3;1H/q+1;/p-1. The van der Waals surface area contributed by atoms with Crippen LogP contribution in [0.2, 0.25) is 0 Å². The van der Waals surface area contributed by atoms with E-state index in [1.807, 2.05) is 30.3 Å². The molecule has 0 saturated heterocycles. The molecule has 0 amide bonds. The molecule has 0 radical (unpaired) electrons. The van der Waals surface area contributed by atoms with Crippen molar-refractivity contribution in [2.75, 3.05) is 39.3 Å². The molecule has 2 heterocycles. The van der Waals surface area contributed by atoms with Gasteiger partial charge in [-0.2, -0.15) is 0 Å². The number of nitrogens with zero attached hydrogens (tertiary/aromatic N) is 2. The summed E-state index contributed by atoms with van der Waals surface area (Å²) in [5.41, 5.74) is 0.744. The van der Waals surface area contributed by atoms with Crippen molar-refractivity contribution >= 4 is 11.5 Å². The van der Waals surface area contributed by atoms with Crippen LogP contribution in [-0.2, 0) is 5.72 Å². The highest BCUT2D eigenvalue weighted by atomic mass is 79.9. The van der Waals surface area contributed by atoms with Gasteiger partial charge in [0.15, 0.2) is 18.0 Å². The minimum atomic E-state index is -1.13. The van der Waals surface area contributed by atoms with Crippen molar-refractivity contribution in [2.24, 2.45) is 0 Å². The van der Waals surface area contributed by atoms with Gasteiger partial charge in [-0.15, -0.1) is 0 Å². The van der Waals surface area contributed by atoms with Crippen LogP contribution in [0.5, 0.6) is 17.2 Å². The largest absolute Gasteiger partial charge is 1.00 e. The Morgan fingerprint density at radius 3 is 2.30 bits per heavy atom. The maximum atomic E-state index is 11.9. The van der Waals surface area contributed by atoms with Gasteiger partial charge in [-0.3, -0.25) is 0 Å². The Hall–Kier alpha value is -2.25. The Balaban J connectivity index is 0.00000256. The van der Waals surface area contributed by atoms with E-state index >= 15 is 0 Å². The average Bonchev–Trinajstić information content (AvgIpc) is 2.91. The van der Waals surface area contributed by atoms with Crippen LogP contribution in [0.4, 0.5) is 5.69 Å². The number of hydrogen-bond donors (Lipinski definition) is 1. The van der Waals surface area contributed by atoms with Crippen molar-refractivity contribution in [2.45, 2.75) is 31.4 Å². The maximum Gasteiger partial charge on any atom is 0.271 e. The van der Waals surface area contributed by atoms with Gasteiger partial charge in [0, 0.05) is 12.0 Å². The van der Waals surface area contributed by atoms with Gasteiger partial charge in [-0.05, 0) is 61.7 Å². The fourth-order valence-corrected chi connectivity index (χ4v) is 4.40. The van der Waals surface area contributed by atoms with E-state index in [2.05, 4.69) is 21.6 Å². The second kappa shape index (κ2) is 9.27. The van der Waals surface area contributed by atoms with Crippen LogP contribution >= 0.6 is 0 Å². The van der Waals surface area contributed by atoms with E-state index in [0.717, 1.165) is 42.8 Å². The quantitative estimate of drug-likeness (QED) is 0.631. The lowest BCUT2D eigenvalue weighted by Gasteiger charge is -2.24. The number of β-amino-alcohol motifs (C(OH)–C–C–N with tert-alkyl or cyclic N) is 1. The summed E-state index contributed by atoms with van der Waals surface area (Å²) in [6, 6.07) is 13.7. The van der Waals surface area contributed by atoms with Crippen molar-refractivity contribution in [1.29, 1.82) is 0 Å². The van der Waals surface area contributed by atoms with E-state index in [0.29, 0.717) is 18.0 Å². The second-order valence-electron chi connectivity index (χ2n) is 7.55. The van der Waals surface area contributed by atoms with E-state index in [9.17, 15) is 5.11 Å². The molecule has 1 atom stereocenters. The molecule has 0 saturated carbocycles. The minimum Gasteiger partial charge on any atom is -1.00 e. The van der Waals surface area contributed by atoms with Crippen molar-refractivity contribution < 1.29 is 40.9 Å². The zero-order valence-electron chi connectivity index (χ0n) is 17.7. The van der Waals surface area contributed by atoms with Crippen molar-refractivity contribution in [1.82, 2.24) is 0 Å². The van der Waals surface area contributed by atoms with Crippen LogP contribution in [0.1, 0.15) is 31.2 Å². The monoisotopic (exact) mass is 476 g/mol. The molecule has 2 aliphatic heterocycles. The number of methoxy groups -OCH3 is 3. The summed E-state index contributed by atoms with van der Waals surface area (Å²) in [4.78, 5) is 2.24. The number of rotatable bonds is 5. The molecule has 1 N–H and O–H groups in total. The minimum absolute atomic E-state index is 0. The molecule has 4 rings (SSSR count). The highest BCUT2D eigenvalue weighted by Crippen LogP contribution is 2.39. The third-order valence-electron chi connectivity index (χ3n) is 5.96.